The Morgan fingerprint density at radius 1 is 1.00 bits per heavy atom. The first kappa shape index (κ1) is 17.2. The Morgan fingerprint density at radius 3 is 1.81 bits per heavy atom. The van der Waals surface area contributed by atoms with Gasteiger partial charge in [0.25, 0.3) is 5.91 Å². The van der Waals surface area contributed by atoms with E-state index in [0.717, 1.165) is 16.7 Å². The normalized spacial score (nSPS) is 12.1. The summed E-state index contributed by atoms with van der Waals surface area (Å²) in [5.41, 5.74) is 1.57. The number of nitrogens with one attached hydrogen (secondary N) is 1. The number of carboxylic acid groups (broad SMARTS) is 1. The van der Waals surface area contributed by atoms with Gasteiger partial charge in [-0.15, -0.1) is 0 Å². The third kappa shape index (κ3) is 3.26. The second kappa shape index (κ2) is 5.51. The van der Waals surface area contributed by atoms with Crippen molar-refractivity contribution < 1.29 is 14.7 Å². The summed E-state index contributed by atoms with van der Waals surface area (Å²) in [6, 6.07) is 3.91. The molecule has 0 heterocycles. The average molecular weight is 291 g/mol. The maximum Gasteiger partial charge on any atom is 0.311 e. The highest BCUT2D eigenvalue weighted by atomic mass is 16.4. The van der Waals surface area contributed by atoms with Crippen LogP contribution in [0.15, 0.2) is 12.1 Å². The summed E-state index contributed by atoms with van der Waals surface area (Å²) < 4.78 is 0. The molecule has 1 aromatic carbocycles. The van der Waals surface area contributed by atoms with E-state index in [1.54, 1.807) is 27.7 Å². The van der Waals surface area contributed by atoms with Gasteiger partial charge in [-0.3, -0.25) is 9.59 Å². The predicted octanol–water partition coefficient (Wildman–Crippen LogP) is 3.23. The van der Waals surface area contributed by atoms with Gasteiger partial charge in [0.2, 0.25) is 0 Å². The van der Waals surface area contributed by atoms with Gasteiger partial charge in [-0.2, -0.15) is 0 Å². The molecule has 0 aliphatic rings. The molecule has 0 unspecified atom stereocenters. The molecule has 1 aromatic rings. The summed E-state index contributed by atoms with van der Waals surface area (Å²) >= 11 is 0. The number of carboxylic acids is 1. The Balaban J connectivity index is 3.15. The van der Waals surface area contributed by atoms with Crippen molar-refractivity contribution in [3.63, 3.8) is 0 Å². The Hall–Kier alpha value is -1.84. The van der Waals surface area contributed by atoms with Gasteiger partial charge in [-0.1, -0.05) is 17.7 Å². The molecule has 2 N–H and O–H groups in total. The van der Waals surface area contributed by atoms with Crippen LogP contribution in [0.25, 0.3) is 0 Å². The second-order valence-electron chi connectivity index (χ2n) is 6.78. The van der Waals surface area contributed by atoms with E-state index < -0.39 is 16.9 Å². The Morgan fingerprint density at radius 2 is 1.43 bits per heavy atom. The van der Waals surface area contributed by atoms with Gasteiger partial charge in [0, 0.05) is 5.56 Å². The number of hydrogen-bond acceptors (Lipinski definition) is 2. The van der Waals surface area contributed by atoms with E-state index in [1.807, 2.05) is 32.9 Å². The molecule has 0 aliphatic carbocycles. The number of amides is 1. The van der Waals surface area contributed by atoms with Gasteiger partial charge in [0.15, 0.2) is 0 Å². The third-order valence-electron chi connectivity index (χ3n) is 4.43. The minimum atomic E-state index is -1.07. The van der Waals surface area contributed by atoms with Crippen molar-refractivity contribution in [3.05, 3.63) is 34.4 Å². The molecule has 116 valence electrons. The molecule has 0 spiro atoms. The first-order valence-electron chi connectivity index (χ1n) is 7.04. The van der Waals surface area contributed by atoms with Crippen molar-refractivity contribution in [2.45, 2.75) is 54.0 Å². The number of carbonyl (C=O) groups excluding carboxylic acids is 1. The lowest BCUT2D eigenvalue weighted by molar-refractivity contribution is -0.150. The number of aryl methyl sites for hydroxylation is 3. The van der Waals surface area contributed by atoms with Crippen molar-refractivity contribution in [1.29, 1.82) is 0 Å². The van der Waals surface area contributed by atoms with E-state index in [0.29, 0.717) is 5.56 Å². The maximum atomic E-state index is 12.6. The third-order valence-corrected chi connectivity index (χ3v) is 4.43. The first-order valence-corrected chi connectivity index (χ1v) is 7.04. The quantitative estimate of drug-likeness (QED) is 0.895. The van der Waals surface area contributed by atoms with Crippen LogP contribution in [0.1, 0.15) is 54.7 Å². The van der Waals surface area contributed by atoms with E-state index in [9.17, 15) is 14.7 Å². The molecule has 0 radical (unpaired) electrons. The van der Waals surface area contributed by atoms with Gasteiger partial charge < -0.3 is 10.4 Å². The van der Waals surface area contributed by atoms with Crippen LogP contribution in [-0.4, -0.2) is 22.5 Å². The summed E-state index contributed by atoms with van der Waals surface area (Å²) in [6.07, 6.45) is 0. The average Bonchev–Trinajstić information content (AvgIpc) is 2.25. The van der Waals surface area contributed by atoms with Gasteiger partial charge >= 0.3 is 5.97 Å². The first-order chi connectivity index (χ1) is 9.40. The van der Waals surface area contributed by atoms with Crippen molar-refractivity contribution in [1.82, 2.24) is 5.32 Å². The monoisotopic (exact) mass is 291 g/mol. The molecule has 4 heteroatoms. The SMILES string of the molecule is Cc1cc(C)c(C(=O)NC(C)(C)C(C)(C)C(=O)O)c(C)c1. The van der Waals surface area contributed by atoms with Crippen molar-refractivity contribution >= 4 is 11.9 Å². The lowest BCUT2D eigenvalue weighted by Crippen LogP contribution is -2.57. The smallest absolute Gasteiger partial charge is 0.311 e. The fourth-order valence-electron chi connectivity index (χ4n) is 2.31. The molecule has 0 bridgehead atoms. The number of carbonyl (C=O) groups is 2. The minimum absolute atomic E-state index is 0.232. The Labute approximate surface area is 126 Å². The minimum Gasteiger partial charge on any atom is -0.481 e. The standard InChI is InChI=1S/C17H25NO3/c1-10-8-11(2)13(12(3)9-10)14(19)18-17(6,7)16(4,5)15(20)21/h8-9H,1-7H3,(H,18,19)(H,20,21). The highest BCUT2D eigenvalue weighted by molar-refractivity contribution is 5.98. The molecule has 1 amide bonds. The molecule has 0 saturated carbocycles. The Bertz CT molecular complexity index is 563. The highest BCUT2D eigenvalue weighted by Gasteiger charge is 2.44. The van der Waals surface area contributed by atoms with Crippen LogP contribution in [-0.2, 0) is 4.79 Å². The van der Waals surface area contributed by atoms with Gasteiger partial charge in [-0.05, 0) is 59.6 Å². The summed E-state index contributed by atoms with van der Waals surface area (Å²) in [5, 5.41) is 12.2. The van der Waals surface area contributed by atoms with E-state index in [2.05, 4.69) is 5.32 Å². The number of rotatable bonds is 4. The second-order valence-corrected chi connectivity index (χ2v) is 6.78. The van der Waals surface area contributed by atoms with Crippen molar-refractivity contribution in [2.24, 2.45) is 5.41 Å². The summed E-state index contributed by atoms with van der Waals surface area (Å²) in [6.45, 7) is 12.5. The van der Waals surface area contributed by atoms with Crippen LogP contribution in [0.2, 0.25) is 0 Å². The maximum absolute atomic E-state index is 12.6. The van der Waals surface area contributed by atoms with Gasteiger partial charge in [-0.25, -0.2) is 0 Å². The van der Waals surface area contributed by atoms with E-state index >= 15 is 0 Å². The van der Waals surface area contributed by atoms with Crippen LogP contribution in [0.4, 0.5) is 0 Å². The largest absolute Gasteiger partial charge is 0.481 e. The van der Waals surface area contributed by atoms with Crippen LogP contribution in [0.5, 0.6) is 0 Å². The molecule has 21 heavy (non-hydrogen) atoms. The predicted molar refractivity (Wildman–Crippen MR) is 83.6 cm³/mol. The zero-order valence-electron chi connectivity index (χ0n) is 13.9. The van der Waals surface area contributed by atoms with Crippen LogP contribution in [0.3, 0.4) is 0 Å². The molecule has 0 fully saturated rings. The lowest BCUT2D eigenvalue weighted by atomic mass is 9.74. The van der Waals surface area contributed by atoms with Crippen LogP contribution >= 0.6 is 0 Å². The number of benzene rings is 1. The number of aliphatic carboxylic acids is 1. The molecule has 4 nitrogen and oxygen atoms in total. The fraction of sp³-hybridized carbons (Fsp3) is 0.529. The van der Waals surface area contributed by atoms with Crippen molar-refractivity contribution in [3.8, 4) is 0 Å². The number of hydrogen-bond donors (Lipinski definition) is 2. The lowest BCUT2D eigenvalue weighted by Gasteiger charge is -2.39. The summed E-state index contributed by atoms with van der Waals surface area (Å²) in [4.78, 5) is 24.0. The van der Waals surface area contributed by atoms with Gasteiger partial charge in [0.1, 0.15) is 0 Å². The van der Waals surface area contributed by atoms with E-state index in [-0.39, 0.29) is 5.91 Å². The molecule has 0 saturated heterocycles. The van der Waals surface area contributed by atoms with E-state index in [4.69, 9.17) is 0 Å². The molecular formula is C17H25NO3. The van der Waals surface area contributed by atoms with Crippen LogP contribution in [0, 0.1) is 26.2 Å². The molecule has 1 rings (SSSR count). The molecule has 0 aliphatic heterocycles. The molecular weight excluding hydrogens is 266 g/mol. The zero-order valence-corrected chi connectivity index (χ0v) is 13.9. The molecule has 0 atom stereocenters. The van der Waals surface area contributed by atoms with Crippen LogP contribution < -0.4 is 5.32 Å². The zero-order chi connectivity index (χ0) is 16.6. The summed E-state index contributed by atoms with van der Waals surface area (Å²) in [7, 11) is 0. The topological polar surface area (TPSA) is 66.4 Å². The molecule has 0 aromatic heterocycles. The van der Waals surface area contributed by atoms with Crippen molar-refractivity contribution in [2.75, 3.05) is 0 Å². The highest BCUT2D eigenvalue weighted by Crippen LogP contribution is 2.31. The van der Waals surface area contributed by atoms with Gasteiger partial charge in [0.05, 0.1) is 11.0 Å². The fourth-order valence-corrected chi connectivity index (χ4v) is 2.31. The van der Waals surface area contributed by atoms with E-state index in [1.165, 1.54) is 0 Å². The Kier molecular flexibility index (Phi) is 4.51. The summed E-state index contributed by atoms with van der Waals surface area (Å²) in [5.74, 6) is -1.17.